The van der Waals surface area contributed by atoms with E-state index < -0.39 is 6.04 Å². The van der Waals surface area contributed by atoms with Crippen molar-refractivity contribution in [3.63, 3.8) is 0 Å². The van der Waals surface area contributed by atoms with Crippen LogP contribution in [0.3, 0.4) is 0 Å². The number of nitrogens with zero attached hydrogens (tertiary/aromatic N) is 1. The van der Waals surface area contributed by atoms with Gasteiger partial charge in [0.25, 0.3) is 0 Å². The third-order valence-corrected chi connectivity index (χ3v) is 3.71. The van der Waals surface area contributed by atoms with E-state index in [1.807, 2.05) is 38.1 Å². The first-order valence-corrected chi connectivity index (χ1v) is 7.22. The fourth-order valence-corrected chi connectivity index (χ4v) is 1.87. The van der Waals surface area contributed by atoms with Crippen LogP contribution in [0.1, 0.15) is 32.8 Å². The predicted molar refractivity (Wildman–Crippen MR) is 84.7 cm³/mol. The van der Waals surface area contributed by atoms with E-state index in [-0.39, 0.29) is 17.7 Å². The number of carbonyl (C=O) groups is 2. The molecule has 0 saturated carbocycles. The summed E-state index contributed by atoms with van der Waals surface area (Å²) in [7, 11) is 1.74. The second kappa shape index (κ2) is 7.78. The smallest absolute Gasteiger partial charge is 0.241 e. The minimum absolute atomic E-state index is 0.00299. The van der Waals surface area contributed by atoms with E-state index in [4.69, 9.17) is 5.73 Å². The maximum atomic E-state index is 12.1. The fraction of sp³-hybridized carbons (Fsp3) is 0.500. The summed E-state index contributed by atoms with van der Waals surface area (Å²) in [5, 5.41) is 2.83. The quantitative estimate of drug-likeness (QED) is 0.841. The monoisotopic (exact) mass is 291 g/mol. The highest BCUT2D eigenvalue weighted by atomic mass is 16.2. The number of anilines is 1. The first kappa shape index (κ1) is 17.2. The SMILES string of the molecule is CCC(C)[C@H](N)C(=O)Nc1cccc(CN(C)C(C)=O)c1. The maximum absolute atomic E-state index is 12.1. The lowest BCUT2D eigenvalue weighted by molar-refractivity contribution is -0.128. The second-order valence-corrected chi connectivity index (χ2v) is 5.48. The number of benzene rings is 1. The Kier molecular flexibility index (Phi) is 6.37. The van der Waals surface area contributed by atoms with Gasteiger partial charge in [-0.15, -0.1) is 0 Å². The van der Waals surface area contributed by atoms with Gasteiger partial charge in [-0.25, -0.2) is 0 Å². The molecule has 1 aromatic carbocycles. The normalized spacial score (nSPS) is 13.4. The number of hydrogen-bond donors (Lipinski definition) is 2. The van der Waals surface area contributed by atoms with Gasteiger partial charge >= 0.3 is 0 Å². The van der Waals surface area contributed by atoms with E-state index in [2.05, 4.69) is 5.32 Å². The summed E-state index contributed by atoms with van der Waals surface area (Å²) in [6, 6.07) is 6.94. The van der Waals surface area contributed by atoms with Gasteiger partial charge in [0, 0.05) is 26.2 Å². The van der Waals surface area contributed by atoms with Crippen molar-refractivity contribution in [1.82, 2.24) is 4.90 Å². The molecule has 2 atom stereocenters. The van der Waals surface area contributed by atoms with Crippen LogP contribution < -0.4 is 11.1 Å². The van der Waals surface area contributed by atoms with Gasteiger partial charge in [-0.3, -0.25) is 9.59 Å². The van der Waals surface area contributed by atoms with Crippen LogP contribution in [0.25, 0.3) is 0 Å². The molecule has 0 fully saturated rings. The minimum Gasteiger partial charge on any atom is -0.342 e. The Bertz CT molecular complexity index is 502. The van der Waals surface area contributed by atoms with Crippen molar-refractivity contribution < 1.29 is 9.59 Å². The highest BCUT2D eigenvalue weighted by Crippen LogP contribution is 2.14. The zero-order valence-electron chi connectivity index (χ0n) is 13.2. The summed E-state index contributed by atoms with van der Waals surface area (Å²) in [4.78, 5) is 24.9. The Hall–Kier alpha value is -1.88. The van der Waals surface area contributed by atoms with Gasteiger partial charge in [-0.1, -0.05) is 32.4 Å². The lowest BCUT2D eigenvalue weighted by Gasteiger charge is -2.19. The lowest BCUT2D eigenvalue weighted by atomic mass is 9.99. The molecule has 3 N–H and O–H groups in total. The van der Waals surface area contributed by atoms with E-state index in [1.54, 1.807) is 11.9 Å². The first-order chi connectivity index (χ1) is 9.85. The number of carbonyl (C=O) groups excluding carboxylic acids is 2. The Labute approximate surface area is 126 Å². The van der Waals surface area contributed by atoms with Crippen LogP contribution in [-0.2, 0) is 16.1 Å². The third kappa shape index (κ3) is 5.19. The summed E-state index contributed by atoms with van der Waals surface area (Å²) < 4.78 is 0. The number of nitrogens with one attached hydrogen (secondary N) is 1. The first-order valence-electron chi connectivity index (χ1n) is 7.22. The molecule has 21 heavy (non-hydrogen) atoms. The van der Waals surface area contributed by atoms with E-state index in [0.29, 0.717) is 12.2 Å². The van der Waals surface area contributed by atoms with Crippen molar-refractivity contribution in [2.45, 2.75) is 39.8 Å². The summed E-state index contributed by atoms with van der Waals surface area (Å²) in [6.07, 6.45) is 0.859. The molecule has 1 rings (SSSR count). The molecule has 0 aliphatic carbocycles. The van der Waals surface area contributed by atoms with Gasteiger partial charge in [0.05, 0.1) is 6.04 Å². The average Bonchev–Trinajstić information content (AvgIpc) is 2.45. The van der Waals surface area contributed by atoms with E-state index >= 15 is 0 Å². The van der Waals surface area contributed by atoms with Crippen LogP contribution in [0.4, 0.5) is 5.69 Å². The van der Waals surface area contributed by atoms with Gasteiger partial charge in [0.2, 0.25) is 11.8 Å². The number of amides is 2. The molecule has 0 saturated heterocycles. The molecule has 0 spiro atoms. The van der Waals surface area contributed by atoms with Crippen molar-refractivity contribution in [1.29, 1.82) is 0 Å². The molecule has 5 nitrogen and oxygen atoms in total. The Morgan fingerprint density at radius 1 is 1.38 bits per heavy atom. The minimum atomic E-state index is -0.515. The highest BCUT2D eigenvalue weighted by molar-refractivity contribution is 5.94. The van der Waals surface area contributed by atoms with Crippen molar-refractivity contribution >= 4 is 17.5 Å². The molecule has 0 aromatic heterocycles. The van der Waals surface area contributed by atoms with Crippen LogP contribution in [0, 0.1) is 5.92 Å². The molecular formula is C16H25N3O2. The number of hydrogen-bond acceptors (Lipinski definition) is 3. The van der Waals surface area contributed by atoms with Crippen LogP contribution >= 0.6 is 0 Å². The van der Waals surface area contributed by atoms with Crippen molar-refractivity contribution in [3.05, 3.63) is 29.8 Å². The highest BCUT2D eigenvalue weighted by Gasteiger charge is 2.19. The summed E-state index contributed by atoms with van der Waals surface area (Å²) >= 11 is 0. The van der Waals surface area contributed by atoms with Gasteiger partial charge in [-0.2, -0.15) is 0 Å². The standard InChI is InChI=1S/C16H25N3O2/c1-5-11(2)15(17)16(21)18-14-8-6-7-13(9-14)10-19(4)12(3)20/h6-9,11,15H,5,10,17H2,1-4H3,(H,18,21)/t11?,15-/m0/s1. The topological polar surface area (TPSA) is 75.4 Å². The second-order valence-electron chi connectivity index (χ2n) is 5.48. The van der Waals surface area contributed by atoms with Crippen LogP contribution in [0.5, 0.6) is 0 Å². The molecule has 1 unspecified atom stereocenters. The van der Waals surface area contributed by atoms with Crippen LogP contribution in [0.15, 0.2) is 24.3 Å². The zero-order valence-corrected chi connectivity index (χ0v) is 13.2. The molecule has 5 heteroatoms. The Balaban J connectivity index is 2.72. The number of rotatable bonds is 6. The largest absolute Gasteiger partial charge is 0.342 e. The van der Waals surface area contributed by atoms with E-state index in [0.717, 1.165) is 12.0 Å². The average molecular weight is 291 g/mol. The Morgan fingerprint density at radius 2 is 2.05 bits per heavy atom. The third-order valence-electron chi connectivity index (χ3n) is 3.71. The van der Waals surface area contributed by atoms with Gasteiger partial charge in [0.15, 0.2) is 0 Å². The van der Waals surface area contributed by atoms with Crippen molar-refractivity contribution in [2.24, 2.45) is 11.7 Å². The fourth-order valence-electron chi connectivity index (χ4n) is 1.87. The predicted octanol–water partition coefficient (Wildman–Crippen LogP) is 1.98. The molecule has 0 aliphatic rings. The molecule has 1 aromatic rings. The lowest BCUT2D eigenvalue weighted by Crippen LogP contribution is -2.40. The van der Waals surface area contributed by atoms with Gasteiger partial charge in [0.1, 0.15) is 0 Å². The van der Waals surface area contributed by atoms with E-state index in [1.165, 1.54) is 6.92 Å². The Morgan fingerprint density at radius 3 is 2.62 bits per heavy atom. The van der Waals surface area contributed by atoms with Crippen LogP contribution in [0.2, 0.25) is 0 Å². The summed E-state index contributed by atoms with van der Waals surface area (Å²) in [5.74, 6) is -0.0401. The van der Waals surface area contributed by atoms with Gasteiger partial charge < -0.3 is 16.0 Å². The van der Waals surface area contributed by atoms with Crippen LogP contribution in [-0.4, -0.2) is 29.8 Å². The number of nitrogens with two attached hydrogens (primary N) is 1. The molecule has 0 bridgehead atoms. The zero-order chi connectivity index (χ0) is 16.0. The maximum Gasteiger partial charge on any atom is 0.241 e. The summed E-state index contributed by atoms with van der Waals surface area (Å²) in [5.41, 5.74) is 7.58. The summed E-state index contributed by atoms with van der Waals surface area (Å²) in [6.45, 7) is 6.01. The molecule has 0 radical (unpaired) electrons. The molecule has 2 amide bonds. The van der Waals surface area contributed by atoms with Gasteiger partial charge in [-0.05, 0) is 23.6 Å². The molecular weight excluding hydrogens is 266 g/mol. The van der Waals surface area contributed by atoms with E-state index in [9.17, 15) is 9.59 Å². The van der Waals surface area contributed by atoms with Crippen molar-refractivity contribution in [3.8, 4) is 0 Å². The molecule has 116 valence electrons. The van der Waals surface area contributed by atoms with Crippen molar-refractivity contribution in [2.75, 3.05) is 12.4 Å². The molecule has 0 heterocycles. The molecule has 0 aliphatic heterocycles.